The number of nitrogens with zero attached hydrogens (tertiary/aromatic N) is 2. The summed E-state index contributed by atoms with van der Waals surface area (Å²) in [6.45, 7) is 0. The topological polar surface area (TPSA) is 73.1 Å². The third kappa shape index (κ3) is 2.75. The van der Waals surface area contributed by atoms with Crippen LogP contribution in [0, 0.1) is 3.57 Å². The molecule has 1 aromatic carbocycles. The van der Waals surface area contributed by atoms with Gasteiger partial charge >= 0.3 is 0 Å². The van der Waals surface area contributed by atoms with E-state index in [9.17, 15) is 0 Å². The number of ether oxygens (including phenoxy) is 1. The summed E-state index contributed by atoms with van der Waals surface area (Å²) in [4.78, 5) is 8.00. The number of benzene rings is 1. The summed E-state index contributed by atoms with van der Waals surface area (Å²) >= 11 is 8.08. The van der Waals surface area contributed by atoms with Gasteiger partial charge in [0.1, 0.15) is 12.0 Å². The highest BCUT2D eigenvalue weighted by Gasteiger charge is 2.09. The molecule has 0 spiro atoms. The summed E-state index contributed by atoms with van der Waals surface area (Å²) in [7, 11) is 1.51. The number of nitrogens with one attached hydrogen (secondary N) is 1. The van der Waals surface area contributed by atoms with Crippen molar-refractivity contribution in [2.45, 2.75) is 0 Å². The maximum absolute atomic E-state index is 5.90. The predicted molar refractivity (Wildman–Crippen MR) is 80.4 cm³/mol. The molecule has 0 fully saturated rings. The number of rotatable bonds is 3. The zero-order valence-corrected chi connectivity index (χ0v) is 12.4. The van der Waals surface area contributed by atoms with Crippen LogP contribution in [0.3, 0.4) is 0 Å². The highest BCUT2D eigenvalue weighted by atomic mass is 127. The summed E-state index contributed by atoms with van der Waals surface area (Å²) < 4.78 is 6.00. The molecule has 0 saturated carbocycles. The lowest BCUT2D eigenvalue weighted by Gasteiger charge is -2.11. The number of aromatic nitrogens is 2. The van der Waals surface area contributed by atoms with Crippen LogP contribution in [-0.4, -0.2) is 17.1 Å². The summed E-state index contributed by atoms with van der Waals surface area (Å²) in [5.41, 5.74) is 7.12. The number of nitrogens with two attached hydrogens (primary N) is 1. The highest BCUT2D eigenvalue weighted by Crippen LogP contribution is 2.30. The molecule has 5 nitrogen and oxygen atoms in total. The molecule has 2 aromatic rings. The van der Waals surface area contributed by atoms with Crippen molar-refractivity contribution in [2.24, 2.45) is 0 Å². The second-order valence-electron chi connectivity index (χ2n) is 3.39. The van der Waals surface area contributed by atoms with Gasteiger partial charge in [0.15, 0.2) is 5.82 Å². The first-order chi connectivity index (χ1) is 8.61. The fraction of sp³-hybridized carbons (Fsp3) is 0.0909. The molecule has 18 heavy (non-hydrogen) atoms. The molecular weight excluding hydrogens is 367 g/mol. The number of anilines is 3. The van der Waals surface area contributed by atoms with E-state index in [4.69, 9.17) is 22.1 Å². The second kappa shape index (κ2) is 5.57. The van der Waals surface area contributed by atoms with Crippen LogP contribution in [0.1, 0.15) is 0 Å². The van der Waals surface area contributed by atoms with Gasteiger partial charge in [-0.05, 0) is 40.8 Å². The Morgan fingerprint density at radius 1 is 1.39 bits per heavy atom. The van der Waals surface area contributed by atoms with Crippen LogP contribution in [0.25, 0.3) is 0 Å². The normalized spacial score (nSPS) is 10.2. The van der Waals surface area contributed by atoms with Crippen molar-refractivity contribution in [3.05, 3.63) is 33.1 Å². The van der Waals surface area contributed by atoms with E-state index in [0.717, 1.165) is 9.26 Å². The minimum Gasteiger partial charge on any atom is -0.479 e. The quantitative estimate of drug-likeness (QED) is 0.806. The van der Waals surface area contributed by atoms with Crippen LogP contribution in [0.5, 0.6) is 5.88 Å². The minimum atomic E-state index is 0.344. The van der Waals surface area contributed by atoms with Gasteiger partial charge in [-0.3, -0.25) is 0 Å². The molecule has 3 N–H and O–H groups in total. The van der Waals surface area contributed by atoms with Gasteiger partial charge in [0.2, 0.25) is 5.88 Å². The average Bonchev–Trinajstić information content (AvgIpc) is 2.35. The van der Waals surface area contributed by atoms with Crippen molar-refractivity contribution < 1.29 is 4.74 Å². The maximum atomic E-state index is 5.90. The summed E-state index contributed by atoms with van der Waals surface area (Å²) in [5, 5.41) is 3.80. The van der Waals surface area contributed by atoms with Crippen LogP contribution in [-0.2, 0) is 0 Å². The first kappa shape index (κ1) is 13.2. The lowest BCUT2D eigenvalue weighted by molar-refractivity contribution is 0.399. The lowest BCUT2D eigenvalue weighted by Crippen LogP contribution is -2.03. The third-order valence-electron chi connectivity index (χ3n) is 2.22. The molecule has 0 aliphatic carbocycles. The van der Waals surface area contributed by atoms with Crippen molar-refractivity contribution >= 4 is 51.4 Å². The SMILES string of the molecule is COc1ncnc(Nc2ccc(Cl)cc2I)c1N. The number of methoxy groups -OCH3 is 1. The van der Waals surface area contributed by atoms with Gasteiger partial charge in [0.05, 0.1) is 12.8 Å². The molecule has 0 amide bonds. The lowest BCUT2D eigenvalue weighted by atomic mass is 10.3. The van der Waals surface area contributed by atoms with Gasteiger partial charge in [-0.15, -0.1) is 0 Å². The Bertz CT molecular complexity index is 579. The third-order valence-corrected chi connectivity index (χ3v) is 3.35. The van der Waals surface area contributed by atoms with Gasteiger partial charge < -0.3 is 15.8 Å². The van der Waals surface area contributed by atoms with Gasteiger partial charge in [-0.25, -0.2) is 4.98 Å². The maximum Gasteiger partial charge on any atom is 0.242 e. The van der Waals surface area contributed by atoms with Crippen LogP contribution in [0.4, 0.5) is 17.2 Å². The second-order valence-corrected chi connectivity index (χ2v) is 4.99. The molecule has 0 radical (unpaired) electrons. The Hall–Kier alpha value is -1.28. The monoisotopic (exact) mass is 376 g/mol. The number of nitrogen functional groups attached to an aromatic ring is 1. The van der Waals surface area contributed by atoms with E-state index in [1.54, 1.807) is 6.07 Å². The molecular formula is C11H10ClIN4O. The fourth-order valence-corrected chi connectivity index (χ4v) is 2.37. The van der Waals surface area contributed by atoms with Gasteiger partial charge in [-0.1, -0.05) is 11.6 Å². The van der Waals surface area contributed by atoms with Gasteiger partial charge in [-0.2, -0.15) is 4.98 Å². The Balaban J connectivity index is 2.34. The molecule has 0 unspecified atom stereocenters. The van der Waals surface area contributed by atoms with E-state index in [2.05, 4.69) is 37.9 Å². The van der Waals surface area contributed by atoms with E-state index in [1.807, 2.05) is 12.1 Å². The van der Waals surface area contributed by atoms with Crippen molar-refractivity contribution in [3.63, 3.8) is 0 Å². The number of halogens is 2. The molecule has 1 heterocycles. The fourth-order valence-electron chi connectivity index (χ4n) is 1.36. The molecule has 0 atom stereocenters. The predicted octanol–water partition coefficient (Wildman–Crippen LogP) is 3.07. The van der Waals surface area contributed by atoms with Crippen molar-refractivity contribution in [1.82, 2.24) is 9.97 Å². The van der Waals surface area contributed by atoms with Crippen LogP contribution in [0.2, 0.25) is 5.02 Å². The first-order valence-corrected chi connectivity index (χ1v) is 6.44. The van der Waals surface area contributed by atoms with E-state index in [1.165, 1.54) is 13.4 Å². The average molecular weight is 377 g/mol. The Morgan fingerprint density at radius 3 is 2.83 bits per heavy atom. The summed E-state index contributed by atoms with van der Waals surface area (Å²) in [6, 6.07) is 5.50. The largest absolute Gasteiger partial charge is 0.479 e. The van der Waals surface area contributed by atoms with Crippen molar-refractivity contribution in [2.75, 3.05) is 18.2 Å². The van der Waals surface area contributed by atoms with Gasteiger partial charge in [0.25, 0.3) is 0 Å². The van der Waals surface area contributed by atoms with Crippen molar-refractivity contribution in [3.8, 4) is 5.88 Å². The van der Waals surface area contributed by atoms with Crippen LogP contribution >= 0.6 is 34.2 Å². The molecule has 0 saturated heterocycles. The number of hydrogen-bond donors (Lipinski definition) is 2. The highest BCUT2D eigenvalue weighted by molar-refractivity contribution is 14.1. The van der Waals surface area contributed by atoms with Crippen LogP contribution < -0.4 is 15.8 Å². The van der Waals surface area contributed by atoms with Gasteiger partial charge in [0, 0.05) is 8.59 Å². The zero-order chi connectivity index (χ0) is 13.1. The van der Waals surface area contributed by atoms with Crippen molar-refractivity contribution in [1.29, 1.82) is 0 Å². The Morgan fingerprint density at radius 2 is 2.17 bits per heavy atom. The molecule has 0 aliphatic rings. The zero-order valence-electron chi connectivity index (χ0n) is 9.45. The first-order valence-electron chi connectivity index (χ1n) is 4.98. The summed E-state index contributed by atoms with van der Waals surface area (Å²) in [5.74, 6) is 0.846. The minimum absolute atomic E-state index is 0.344. The molecule has 7 heteroatoms. The standard InChI is InChI=1S/C11H10ClIN4O/c1-18-11-9(14)10(15-5-16-11)17-8-3-2-6(12)4-7(8)13/h2-5H,14H2,1H3,(H,15,16,17). The van der Waals surface area contributed by atoms with Crippen LogP contribution in [0.15, 0.2) is 24.5 Å². The molecule has 1 aromatic heterocycles. The van der Waals surface area contributed by atoms with E-state index < -0.39 is 0 Å². The van der Waals surface area contributed by atoms with E-state index in [-0.39, 0.29) is 0 Å². The van der Waals surface area contributed by atoms with E-state index >= 15 is 0 Å². The smallest absolute Gasteiger partial charge is 0.242 e. The molecule has 0 bridgehead atoms. The molecule has 0 aliphatic heterocycles. The van der Waals surface area contributed by atoms with E-state index in [0.29, 0.717) is 22.4 Å². The summed E-state index contributed by atoms with van der Waals surface area (Å²) in [6.07, 6.45) is 1.39. The molecule has 2 rings (SSSR count). The Kier molecular flexibility index (Phi) is 4.07. The molecule has 94 valence electrons. The number of hydrogen-bond acceptors (Lipinski definition) is 5. The Labute approximate surface area is 123 Å².